The Hall–Kier alpha value is -2.82. The minimum Gasteiger partial charge on any atom is -0.455 e. The predicted molar refractivity (Wildman–Crippen MR) is 92.3 cm³/mol. The summed E-state index contributed by atoms with van der Waals surface area (Å²) < 4.78 is 44.0. The van der Waals surface area contributed by atoms with Crippen LogP contribution in [0.15, 0.2) is 64.0 Å². The number of benzene rings is 2. The summed E-state index contributed by atoms with van der Waals surface area (Å²) in [5, 5.41) is 0. The lowest BCUT2D eigenvalue weighted by molar-refractivity contribution is -0.137. The fraction of sp³-hybridized carbons (Fsp3) is 0.150. The van der Waals surface area contributed by atoms with E-state index in [2.05, 4.69) is 4.99 Å². The Morgan fingerprint density at radius 1 is 0.920 bits per heavy atom. The molecule has 0 unspecified atom stereocenters. The Morgan fingerprint density at radius 2 is 1.72 bits per heavy atom. The summed E-state index contributed by atoms with van der Waals surface area (Å²) in [6.07, 6.45) is -2.82. The largest absolute Gasteiger partial charge is 0.455 e. The van der Waals surface area contributed by atoms with Gasteiger partial charge in [0, 0.05) is 5.56 Å². The molecule has 2 aromatic carbocycles. The Balaban J connectivity index is 1.83. The van der Waals surface area contributed by atoms with Gasteiger partial charge in [0.2, 0.25) is 0 Å². The van der Waals surface area contributed by atoms with Crippen molar-refractivity contribution in [1.82, 2.24) is 0 Å². The summed E-state index contributed by atoms with van der Waals surface area (Å²) in [6, 6.07) is 14.2. The molecule has 0 bridgehead atoms. The topological polar surface area (TPSA) is 25.5 Å². The van der Waals surface area contributed by atoms with Crippen LogP contribution in [-0.2, 0) is 6.18 Å². The van der Waals surface area contributed by atoms with Gasteiger partial charge in [-0.15, -0.1) is 0 Å². The van der Waals surface area contributed by atoms with Crippen molar-refractivity contribution >= 4 is 11.9 Å². The molecule has 0 N–H and O–H groups in total. The van der Waals surface area contributed by atoms with Crippen molar-refractivity contribution in [2.75, 3.05) is 0 Å². The second-order valence-electron chi connectivity index (χ2n) is 5.81. The van der Waals surface area contributed by atoms with Crippen LogP contribution in [0.2, 0.25) is 0 Å². The zero-order valence-electron chi connectivity index (χ0n) is 13.8. The number of alkyl halides is 3. The van der Waals surface area contributed by atoms with Crippen molar-refractivity contribution in [1.29, 1.82) is 0 Å². The SMILES string of the molecule is Cc1ccc(N=Cc2ccc(-c3cccc(C(F)(F)F)c3)o2)cc1C. The Labute approximate surface area is 143 Å². The van der Waals surface area contributed by atoms with E-state index >= 15 is 0 Å². The summed E-state index contributed by atoms with van der Waals surface area (Å²) >= 11 is 0. The highest BCUT2D eigenvalue weighted by Crippen LogP contribution is 2.32. The van der Waals surface area contributed by atoms with E-state index in [1.165, 1.54) is 11.6 Å². The highest BCUT2D eigenvalue weighted by atomic mass is 19.4. The Bertz CT molecular complexity index is 923. The first-order chi connectivity index (χ1) is 11.8. The van der Waals surface area contributed by atoms with Gasteiger partial charge in [0.15, 0.2) is 0 Å². The normalized spacial score (nSPS) is 12.0. The summed E-state index contributed by atoms with van der Waals surface area (Å²) in [4.78, 5) is 4.34. The molecule has 0 aliphatic carbocycles. The van der Waals surface area contributed by atoms with E-state index in [9.17, 15) is 13.2 Å². The van der Waals surface area contributed by atoms with Crippen LogP contribution in [0, 0.1) is 13.8 Å². The molecule has 25 heavy (non-hydrogen) atoms. The number of nitrogens with zero attached hydrogens (tertiary/aromatic N) is 1. The zero-order chi connectivity index (χ0) is 18.0. The fourth-order valence-electron chi connectivity index (χ4n) is 2.37. The smallest absolute Gasteiger partial charge is 0.416 e. The maximum atomic E-state index is 12.8. The maximum Gasteiger partial charge on any atom is 0.416 e. The van der Waals surface area contributed by atoms with E-state index in [1.807, 2.05) is 32.0 Å². The Morgan fingerprint density at radius 3 is 2.44 bits per heavy atom. The molecular weight excluding hydrogens is 327 g/mol. The van der Waals surface area contributed by atoms with Gasteiger partial charge < -0.3 is 4.42 Å². The molecule has 3 aromatic rings. The molecule has 0 amide bonds. The highest BCUT2D eigenvalue weighted by molar-refractivity contribution is 5.80. The lowest BCUT2D eigenvalue weighted by Gasteiger charge is -2.07. The van der Waals surface area contributed by atoms with Gasteiger partial charge in [-0.05, 0) is 61.4 Å². The predicted octanol–water partition coefficient (Wildman–Crippen LogP) is 6.33. The fourth-order valence-corrected chi connectivity index (χ4v) is 2.37. The molecule has 0 radical (unpaired) electrons. The van der Waals surface area contributed by atoms with E-state index < -0.39 is 11.7 Å². The second-order valence-corrected chi connectivity index (χ2v) is 5.81. The summed E-state index contributed by atoms with van der Waals surface area (Å²) in [5.74, 6) is 0.846. The average molecular weight is 343 g/mol. The third-order valence-electron chi connectivity index (χ3n) is 3.93. The van der Waals surface area contributed by atoms with Gasteiger partial charge in [-0.2, -0.15) is 13.2 Å². The number of aliphatic imine (C=N–C) groups is 1. The van der Waals surface area contributed by atoms with Crippen molar-refractivity contribution in [3.05, 3.63) is 77.0 Å². The summed E-state index contributed by atoms with van der Waals surface area (Å²) in [5.41, 5.74) is 2.79. The molecule has 5 heteroatoms. The first kappa shape index (κ1) is 17.0. The van der Waals surface area contributed by atoms with Crippen LogP contribution < -0.4 is 0 Å². The molecule has 3 rings (SSSR count). The molecule has 0 saturated heterocycles. The number of aryl methyl sites for hydroxylation is 2. The van der Waals surface area contributed by atoms with E-state index in [4.69, 9.17) is 4.42 Å². The average Bonchev–Trinajstić information content (AvgIpc) is 3.04. The van der Waals surface area contributed by atoms with Gasteiger partial charge >= 0.3 is 6.18 Å². The first-order valence-electron chi connectivity index (χ1n) is 7.72. The standard InChI is InChI=1S/C20H16F3NO/c1-13-6-7-17(10-14(13)2)24-12-18-8-9-19(25-18)15-4-3-5-16(11-15)20(21,22)23/h3-12H,1-2H3. The van der Waals surface area contributed by atoms with Crippen LogP contribution in [0.1, 0.15) is 22.5 Å². The number of hydrogen-bond acceptors (Lipinski definition) is 2. The molecule has 0 aliphatic rings. The molecule has 1 aromatic heterocycles. The maximum absolute atomic E-state index is 12.8. The molecule has 0 fully saturated rings. The van der Waals surface area contributed by atoms with Crippen LogP contribution in [0.5, 0.6) is 0 Å². The first-order valence-corrected chi connectivity index (χ1v) is 7.72. The van der Waals surface area contributed by atoms with Crippen LogP contribution >= 0.6 is 0 Å². The van der Waals surface area contributed by atoms with Crippen molar-refractivity contribution in [3.8, 4) is 11.3 Å². The summed E-state index contributed by atoms with van der Waals surface area (Å²) in [7, 11) is 0. The molecule has 0 saturated carbocycles. The van der Waals surface area contributed by atoms with E-state index in [-0.39, 0.29) is 0 Å². The van der Waals surface area contributed by atoms with E-state index in [0.717, 1.165) is 23.4 Å². The molecule has 0 spiro atoms. The molecule has 2 nitrogen and oxygen atoms in total. The third kappa shape index (κ3) is 3.99. The minimum atomic E-state index is -4.38. The molecular formula is C20H16F3NO. The lowest BCUT2D eigenvalue weighted by Crippen LogP contribution is -2.04. The second kappa shape index (κ2) is 6.59. The van der Waals surface area contributed by atoms with Crippen LogP contribution in [0.3, 0.4) is 0 Å². The van der Waals surface area contributed by atoms with Crippen molar-refractivity contribution < 1.29 is 17.6 Å². The van der Waals surface area contributed by atoms with Crippen LogP contribution in [-0.4, -0.2) is 6.21 Å². The van der Waals surface area contributed by atoms with Crippen LogP contribution in [0.4, 0.5) is 18.9 Å². The molecule has 0 atom stereocenters. The number of furan rings is 1. The molecule has 0 aliphatic heterocycles. The van der Waals surface area contributed by atoms with E-state index in [1.54, 1.807) is 24.4 Å². The van der Waals surface area contributed by atoms with Gasteiger partial charge in [-0.3, -0.25) is 4.99 Å². The van der Waals surface area contributed by atoms with Crippen LogP contribution in [0.25, 0.3) is 11.3 Å². The van der Waals surface area contributed by atoms with Crippen molar-refractivity contribution in [2.45, 2.75) is 20.0 Å². The van der Waals surface area contributed by atoms with Gasteiger partial charge in [0.1, 0.15) is 11.5 Å². The number of rotatable bonds is 3. The monoisotopic (exact) mass is 343 g/mol. The van der Waals surface area contributed by atoms with Gasteiger partial charge in [-0.1, -0.05) is 18.2 Å². The quantitative estimate of drug-likeness (QED) is 0.510. The van der Waals surface area contributed by atoms with E-state index in [0.29, 0.717) is 17.1 Å². The van der Waals surface area contributed by atoms with Crippen molar-refractivity contribution in [3.63, 3.8) is 0 Å². The number of hydrogen-bond donors (Lipinski definition) is 0. The number of halogens is 3. The highest BCUT2D eigenvalue weighted by Gasteiger charge is 2.30. The van der Waals surface area contributed by atoms with Gasteiger partial charge in [0.05, 0.1) is 17.5 Å². The van der Waals surface area contributed by atoms with Crippen molar-refractivity contribution in [2.24, 2.45) is 4.99 Å². The lowest BCUT2D eigenvalue weighted by atomic mass is 10.1. The Kier molecular flexibility index (Phi) is 4.49. The summed E-state index contributed by atoms with van der Waals surface area (Å²) in [6.45, 7) is 4.03. The third-order valence-corrected chi connectivity index (χ3v) is 3.93. The zero-order valence-corrected chi connectivity index (χ0v) is 13.8. The van der Waals surface area contributed by atoms with Gasteiger partial charge in [-0.25, -0.2) is 0 Å². The molecule has 1 heterocycles. The molecule has 128 valence electrons. The van der Waals surface area contributed by atoms with Gasteiger partial charge in [0.25, 0.3) is 0 Å². The minimum absolute atomic E-state index is 0.368.